The van der Waals surface area contributed by atoms with Crippen molar-refractivity contribution in [1.29, 1.82) is 0 Å². The van der Waals surface area contributed by atoms with Crippen molar-refractivity contribution >= 4 is 5.78 Å². The number of aliphatic hydroxyl groups excluding tert-OH is 1. The van der Waals surface area contributed by atoms with E-state index in [1.165, 1.54) is 0 Å². The highest BCUT2D eigenvalue weighted by Gasteiger charge is 2.30. The van der Waals surface area contributed by atoms with Crippen LogP contribution >= 0.6 is 0 Å². The topological polar surface area (TPSA) is 46.5 Å². The zero-order valence-electron chi connectivity index (χ0n) is 6.17. The predicted molar refractivity (Wildman–Crippen MR) is 37.8 cm³/mol. The van der Waals surface area contributed by atoms with Crippen LogP contribution in [0.3, 0.4) is 0 Å². The molecule has 0 aromatic carbocycles. The van der Waals surface area contributed by atoms with Gasteiger partial charge in [0.05, 0.1) is 0 Å². The number of hydrogen-bond acceptors (Lipinski definition) is 3. The number of carbonyl (C=O) groups is 1. The fraction of sp³-hybridized carbons (Fsp3) is 0.625. The van der Waals surface area contributed by atoms with Gasteiger partial charge in [0.15, 0.2) is 12.1 Å². The van der Waals surface area contributed by atoms with E-state index in [-0.39, 0.29) is 12.4 Å². The Morgan fingerprint density at radius 2 is 2.27 bits per heavy atom. The minimum atomic E-state index is -0.801. The molecule has 3 nitrogen and oxygen atoms in total. The molecule has 2 rings (SSSR count). The van der Waals surface area contributed by atoms with E-state index in [0.717, 1.165) is 30.4 Å². The average Bonchev–Trinajstić information content (AvgIpc) is 2.45. The van der Waals surface area contributed by atoms with Crippen molar-refractivity contribution in [1.82, 2.24) is 0 Å². The maximum Gasteiger partial charge on any atom is 0.184 e. The van der Waals surface area contributed by atoms with E-state index < -0.39 is 6.29 Å². The van der Waals surface area contributed by atoms with Crippen molar-refractivity contribution in [2.24, 2.45) is 0 Å². The van der Waals surface area contributed by atoms with Crippen LogP contribution < -0.4 is 0 Å². The highest BCUT2D eigenvalue weighted by molar-refractivity contribution is 5.98. The van der Waals surface area contributed by atoms with Gasteiger partial charge >= 0.3 is 0 Å². The van der Waals surface area contributed by atoms with Crippen molar-refractivity contribution in [2.75, 3.05) is 6.61 Å². The van der Waals surface area contributed by atoms with Crippen LogP contribution in [0.15, 0.2) is 11.1 Å². The van der Waals surface area contributed by atoms with Crippen molar-refractivity contribution in [3.63, 3.8) is 0 Å². The third-order valence-corrected chi connectivity index (χ3v) is 2.27. The first-order valence-corrected chi connectivity index (χ1v) is 3.84. The molecule has 0 aromatic heterocycles. The molecule has 0 saturated carbocycles. The minimum Gasteiger partial charge on any atom is -0.364 e. The number of rotatable bonds is 0. The van der Waals surface area contributed by atoms with Gasteiger partial charge < -0.3 is 9.84 Å². The molecule has 0 fully saturated rings. The Morgan fingerprint density at radius 3 is 3.00 bits per heavy atom. The zero-order chi connectivity index (χ0) is 7.84. The Hall–Kier alpha value is -0.670. The molecule has 0 saturated heterocycles. The lowest BCUT2D eigenvalue weighted by Crippen LogP contribution is -2.27. The number of hydrogen-bond donors (Lipinski definition) is 1. The van der Waals surface area contributed by atoms with Gasteiger partial charge in [0.2, 0.25) is 0 Å². The molecule has 0 bridgehead atoms. The van der Waals surface area contributed by atoms with E-state index in [1.54, 1.807) is 0 Å². The van der Waals surface area contributed by atoms with Crippen LogP contribution in [0.2, 0.25) is 0 Å². The monoisotopic (exact) mass is 154 g/mol. The highest BCUT2D eigenvalue weighted by Crippen LogP contribution is 2.32. The van der Waals surface area contributed by atoms with Gasteiger partial charge in [-0.15, -0.1) is 0 Å². The van der Waals surface area contributed by atoms with E-state index in [9.17, 15) is 9.90 Å². The SMILES string of the molecule is O=C1COC(O)C2=C1CCC2. The van der Waals surface area contributed by atoms with Crippen LogP contribution in [0, 0.1) is 0 Å². The molecule has 2 aliphatic rings. The maximum absolute atomic E-state index is 11.1. The molecule has 3 heteroatoms. The molecule has 0 spiro atoms. The van der Waals surface area contributed by atoms with Crippen molar-refractivity contribution < 1.29 is 14.6 Å². The lowest BCUT2D eigenvalue weighted by Gasteiger charge is -2.19. The van der Waals surface area contributed by atoms with E-state index in [4.69, 9.17) is 4.74 Å². The highest BCUT2D eigenvalue weighted by atomic mass is 16.6. The molecule has 11 heavy (non-hydrogen) atoms. The third kappa shape index (κ3) is 1.01. The minimum absolute atomic E-state index is 0.0556. The fourth-order valence-corrected chi connectivity index (χ4v) is 1.70. The van der Waals surface area contributed by atoms with Crippen LogP contribution in [-0.2, 0) is 9.53 Å². The van der Waals surface area contributed by atoms with Crippen LogP contribution in [0.5, 0.6) is 0 Å². The van der Waals surface area contributed by atoms with Crippen LogP contribution in [0.25, 0.3) is 0 Å². The van der Waals surface area contributed by atoms with Gasteiger partial charge in [-0.25, -0.2) is 0 Å². The molecule has 1 atom stereocenters. The Balaban J connectivity index is 2.34. The number of Topliss-reactive ketones (excluding diaryl/α,β-unsaturated/α-hetero) is 1. The standard InChI is InChI=1S/C8H10O3/c9-7-4-11-8(10)6-3-1-2-5(6)7/h8,10H,1-4H2. The smallest absolute Gasteiger partial charge is 0.184 e. The molecule has 1 aliphatic carbocycles. The van der Waals surface area contributed by atoms with E-state index in [0.29, 0.717) is 0 Å². The summed E-state index contributed by atoms with van der Waals surface area (Å²) in [5.41, 5.74) is 1.64. The van der Waals surface area contributed by atoms with Gasteiger partial charge in [-0.1, -0.05) is 0 Å². The van der Waals surface area contributed by atoms with Gasteiger partial charge in [-0.05, 0) is 24.8 Å². The molecular formula is C8H10O3. The quantitative estimate of drug-likeness (QED) is 0.548. The number of ether oxygens (including phenoxy) is 1. The number of carbonyl (C=O) groups excluding carboxylic acids is 1. The molecular weight excluding hydrogens is 144 g/mol. The second kappa shape index (κ2) is 2.43. The summed E-state index contributed by atoms with van der Waals surface area (Å²) in [5, 5.41) is 9.26. The first-order chi connectivity index (χ1) is 5.29. The largest absolute Gasteiger partial charge is 0.364 e. The van der Waals surface area contributed by atoms with Crippen molar-refractivity contribution in [3.05, 3.63) is 11.1 Å². The predicted octanol–water partition coefficient (Wildman–Crippen LogP) is 0.385. The normalized spacial score (nSPS) is 31.0. The summed E-state index contributed by atoms with van der Waals surface area (Å²) in [6, 6.07) is 0. The summed E-state index contributed by atoms with van der Waals surface area (Å²) < 4.78 is 4.85. The summed E-state index contributed by atoms with van der Waals surface area (Å²) in [6.45, 7) is 0.0556. The lowest BCUT2D eigenvalue weighted by molar-refractivity contribution is -0.134. The van der Waals surface area contributed by atoms with Gasteiger partial charge in [0, 0.05) is 5.57 Å². The molecule has 60 valence electrons. The first kappa shape index (κ1) is 7.00. The molecule has 0 amide bonds. The van der Waals surface area contributed by atoms with Gasteiger partial charge in [-0.2, -0.15) is 0 Å². The van der Waals surface area contributed by atoms with E-state index in [2.05, 4.69) is 0 Å². The Kier molecular flexibility index (Phi) is 1.55. The summed E-state index contributed by atoms with van der Waals surface area (Å²) in [6.07, 6.45) is 1.83. The second-order valence-electron chi connectivity index (χ2n) is 2.94. The van der Waals surface area contributed by atoms with Crippen LogP contribution in [0.4, 0.5) is 0 Å². The fourth-order valence-electron chi connectivity index (χ4n) is 1.70. The first-order valence-electron chi connectivity index (χ1n) is 3.84. The molecule has 1 unspecified atom stereocenters. The Labute approximate surface area is 64.7 Å². The van der Waals surface area contributed by atoms with Crippen molar-refractivity contribution in [3.8, 4) is 0 Å². The third-order valence-electron chi connectivity index (χ3n) is 2.27. The Morgan fingerprint density at radius 1 is 1.45 bits per heavy atom. The second-order valence-corrected chi connectivity index (χ2v) is 2.94. The average molecular weight is 154 g/mol. The van der Waals surface area contributed by atoms with Crippen molar-refractivity contribution in [2.45, 2.75) is 25.6 Å². The molecule has 1 heterocycles. The molecule has 0 radical (unpaired) electrons. The van der Waals surface area contributed by atoms with Crippen LogP contribution in [0.1, 0.15) is 19.3 Å². The summed E-state index contributed by atoms with van der Waals surface area (Å²) in [7, 11) is 0. The lowest BCUT2D eigenvalue weighted by atomic mass is 10.1. The summed E-state index contributed by atoms with van der Waals surface area (Å²) >= 11 is 0. The zero-order valence-corrected chi connectivity index (χ0v) is 6.17. The van der Waals surface area contributed by atoms with Gasteiger partial charge in [0.25, 0.3) is 0 Å². The summed E-state index contributed by atoms with van der Waals surface area (Å²) in [4.78, 5) is 11.1. The van der Waals surface area contributed by atoms with E-state index >= 15 is 0 Å². The molecule has 0 aromatic rings. The van der Waals surface area contributed by atoms with E-state index in [1.807, 2.05) is 0 Å². The van der Waals surface area contributed by atoms with Crippen LogP contribution in [-0.4, -0.2) is 23.8 Å². The van der Waals surface area contributed by atoms with Gasteiger partial charge in [0.1, 0.15) is 6.61 Å². The Bertz CT molecular complexity index is 229. The number of ketones is 1. The maximum atomic E-state index is 11.1. The number of aliphatic hydroxyl groups is 1. The molecule has 1 aliphatic heterocycles. The molecule has 1 N–H and O–H groups in total. The van der Waals surface area contributed by atoms with Gasteiger partial charge in [-0.3, -0.25) is 4.79 Å². The summed E-state index contributed by atoms with van der Waals surface area (Å²) in [5.74, 6) is 0.0581.